The van der Waals surface area contributed by atoms with Crippen molar-refractivity contribution in [3.05, 3.63) is 53.1 Å². The number of rotatable bonds is 1. The fraction of sp³-hybridized carbons (Fsp3) is 0.143. The summed E-state index contributed by atoms with van der Waals surface area (Å²) < 4.78 is 0. The van der Waals surface area contributed by atoms with E-state index in [4.69, 9.17) is 0 Å². The lowest BCUT2D eigenvalue weighted by molar-refractivity contribution is -0.137. The van der Waals surface area contributed by atoms with Crippen molar-refractivity contribution < 1.29 is 14.7 Å². The molecule has 0 amide bonds. The molecule has 0 aliphatic heterocycles. The van der Waals surface area contributed by atoms with Crippen LogP contribution in [0.4, 0.5) is 0 Å². The van der Waals surface area contributed by atoms with Gasteiger partial charge in [0.25, 0.3) is 0 Å². The number of carboxylic acids is 1. The zero-order valence-electron chi connectivity index (χ0n) is 9.01. The Balaban J connectivity index is 2.30. The molecule has 0 heterocycles. The number of carboxylic acid groups (broad SMARTS) is 1. The molecule has 17 heavy (non-hydrogen) atoms. The standard InChI is InChI=1S/C14H10O3/c15-11-7-3-6-10-12(11)8-4-1-2-5-9(8)13(10)14(16)17/h1-6,13H,7H2,(H,16,17). The van der Waals surface area contributed by atoms with Crippen molar-refractivity contribution in [2.45, 2.75) is 12.3 Å². The van der Waals surface area contributed by atoms with E-state index in [1.165, 1.54) is 0 Å². The summed E-state index contributed by atoms with van der Waals surface area (Å²) in [5.41, 5.74) is 2.74. The van der Waals surface area contributed by atoms with Gasteiger partial charge >= 0.3 is 5.97 Å². The highest BCUT2D eigenvalue weighted by atomic mass is 16.4. The number of allylic oxidation sites excluding steroid dienone is 3. The SMILES string of the molecule is O=C1CC=CC2=C1c1ccccc1C2C(=O)O. The third-order valence-corrected chi connectivity index (χ3v) is 3.27. The number of carbonyl (C=O) groups excluding carboxylic acids is 1. The van der Waals surface area contributed by atoms with Gasteiger partial charge in [0.1, 0.15) is 5.92 Å². The summed E-state index contributed by atoms with van der Waals surface area (Å²) in [5, 5.41) is 9.31. The molecule has 0 aromatic heterocycles. The van der Waals surface area contributed by atoms with E-state index in [0.29, 0.717) is 17.6 Å². The lowest BCUT2D eigenvalue weighted by Crippen LogP contribution is -2.12. The fourth-order valence-corrected chi connectivity index (χ4v) is 2.60. The smallest absolute Gasteiger partial charge is 0.315 e. The van der Waals surface area contributed by atoms with Crippen molar-refractivity contribution >= 4 is 17.3 Å². The molecule has 3 nitrogen and oxygen atoms in total. The monoisotopic (exact) mass is 226 g/mol. The van der Waals surface area contributed by atoms with Crippen LogP contribution in [0.5, 0.6) is 0 Å². The third kappa shape index (κ3) is 1.29. The van der Waals surface area contributed by atoms with Crippen LogP contribution in [0, 0.1) is 0 Å². The second-order valence-corrected chi connectivity index (χ2v) is 4.22. The number of fused-ring (bicyclic) bond motifs is 2. The van der Waals surface area contributed by atoms with Crippen LogP contribution in [0.25, 0.3) is 5.57 Å². The maximum atomic E-state index is 11.9. The largest absolute Gasteiger partial charge is 0.481 e. The molecule has 0 bridgehead atoms. The van der Waals surface area contributed by atoms with Gasteiger partial charge in [-0.05, 0) is 16.7 Å². The van der Waals surface area contributed by atoms with E-state index in [1.807, 2.05) is 12.1 Å². The molecule has 0 spiro atoms. The predicted octanol–water partition coefficient (Wildman–Crippen LogP) is 2.15. The van der Waals surface area contributed by atoms with Gasteiger partial charge in [-0.2, -0.15) is 0 Å². The van der Waals surface area contributed by atoms with E-state index in [9.17, 15) is 14.7 Å². The van der Waals surface area contributed by atoms with E-state index in [-0.39, 0.29) is 5.78 Å². The number of ketones is 1. The van der Waals surface area contributed by atoms with E-state index < -0.39 is 11.9 Å². The summed E-state index contributed by atoms with van der Waals surface area (Å²) in [6, 6.07) is 7.25. The van der Waals surface area contributed by atoms with E-state index >= 15 is 0 Å². The summed E-state index contributed by atoms with van der Waals surface area (Å²) in [7, 11) is 0. The van der Waals surface area contributed by atoms with Gasteiger partial charge in [0.15, 0.2) is 5.78 Å². The quantitative estimate of drug-likeness (QED) is 0.798. The van der Waals surface area contributed by atoms with E-state index in [0.717, 1.165) is 11.1 Å². The van der Waals surface area contributed by atoms with Crippen LogP contribution in [0.2, 0.25) is 0 Å². The van der Waals surface area contributed by atoms with E-state index in [2.05, 4.69) is 0 Å². The molecule has 0 saturated heterocycles. The molecule has 1 aromatic carbocycles. The van der Waals surface area contributed by atoms with Crippen LogP contribution in [-0.2, 0) is 9.59 Å². The molecule has 0 fully saturated rings. The Morgan fingerprint density at radius 2 is 2.06 bits per heavy atom. The minimum absolute atomic E-state index is 0.0127. The molecule has 2 aliphatic carbocycles. The zero-order chi connectivity index (χ0) is 12.0. The van der Waals surface area contributed by atoms with Gasteiger partial charge in [0.05, 0.1) is 0 Å². The minimum atomic E-state index is -0.901. The molecule has 1 N–H and O–H groups in total. The Morgan fingerprint density at radius 1 is 1.29 bits per heavy atom. The molecule has 84 valence electrons. The number of aliphatic carboxylic acids is 1. The van der Waals surface area contributed by atoms with Crippen LogP contribution < -0.4 is 0 Å². The number of hydrogen-bond acceptors (Lipinski definition) is 2. The first-order valence-corrected chi connectivity index (χ1v) is 5.46. The first kappa shape index (κ1) is 10.0. The Kier molecular flexibility index (Phi) is 2.01. The first-order chi connectivity index (χ1) is 8.20. The third-order valence-electron chi connectivity index (χ3n) is 3.27. The van der Waals surface area contributed by atoms with Gasteiger partial charge in [0, 0.05) is 12.0 Å². The highest BCUT2D eigenvalue weighted by molar-refractivity contribution is 6.26. The average Bonchev–Trinajstić information content (AvgIpc) is 2.64. The molecule has 0 radical (unpaired) electrons. The Bertz CT molecular complexity index is 593. The van der Waals surface area contributed by atoms with Crippen molar-refractivity contribution in [2.24, 2.45) is 0 Å². The fourth-order valence-electron chi connectivity index (χ4n) is 2.60. The normalized spacial score (nSPS) is 21.4. The molecule has 1 unspecified atom stereocenters. The van der Waals surface area contributed by atoms with Crippen molar-refractivity contribution in [3.8, 4) is 0 Å². The van der Waals surface area contributed by atoms with Crippen molar-refractivity contribution in [1.29, 1.82) is 0 Å². The first-order valence-electron chi connectivity index (χ1n) is 5.46. The summed E-state index contributed by atoms with van der Waals surface area (Å²) in [6.07, 6.45) is 3.87. The molecule has 1 atom stereocenters. The van der Waals surface area contributed by atoms with Gasteiger partial charge in [0.2, 0.25) is 0 Å². The Morgan fingerprint density at radius 3 is 2.82 bits per heavy atom. The molecule has 2 aliphatic rings. The number of hydrogen-bond donors (Lipinski definition) is 1. The van der Waals surface area contributed by atoms with Gasteiger partial charge in [-0.25, -0.2) is 0 Å². The second-order valence-electron chi connectivity index (χ2n) is 4.22. The van der Waals surface area contributed by atoms with Crippen LogP contribution in [0.1, 0.15) is 23.5 Å². The number of carbonyl (C=O) groups is 2. The van der Waals surface area contributed by atoms with Gasteiger partial charge in [-0.1, -0.05) is 36.4 Å². The average molecular weight is 226 g/mol. The summed E-state index contributed by atoms with van der Waals surface area (Å²) in [5.74, 6) is -1.58. The molecular weight excluding hydrogens is 216 g/mol. The molecule has 0 saturated carbocycles. The maximum absolute atomic E-state index is 11.9. The molecule has 3 rings (SSSR count). The predicted molar refractivity (Wildman–Crippen MR) is 62.5 cm³/mol. The van der Waals surface area contributed by atoms with Gasteiger partial charge < -0.3 is 5.11 Å². The topological polar surface area (TPSA) is 54.4 Å². The van der Waals surface area contributed by atoms with Gasteiger partial charge in [-0.3, -0.25) is 9.59 Å². The highest BCUT2D eigenvalue weighted by Gasteiger charge is 2.37. The summed E-state index contributed by atoms with van der Waals surface area (Å²) >= 11 is 0. The molecule has 3 heteroatoms. The molecule has 1 aromatic rings. The zero-order valence-corrected chi connectivity index (χ0v) is 9.01. The van der Waals surface area contributed by atoms with Crippen molar-refractivity contribution in [2.75, 3.05) is 0 Å². The number of benzene rings is 1. The van der Waals surface area contributed by atoms with Crippen LogP contribution in [0.15, 0.2) is 42.0 Å². The highest BCUT2D eigenvalue weighted by Crippen LogP contribution is 2.44. The van der Waals surface area contributed by atoms with Crippen LogP contribution >= 0.6 is 0 Å². The second kappa shape index (κ2) is 3.42. The van der Waals surface area contributed by atoms with Crippen LogP contribution in [0.3, 0.4) is 0 Å². The van der Waals surface area contributed by atoms with Gasteiger partial charge in [-0.15, -0.1) is 0 Å². The van der Waals surface area contributed by atoms with Crippen molar-refractivity contribution in [1.82, 2.24) is 0 Å². The lowest BCUT2D eigenvalue weighted by Gasteiger charge is -2.10. The summed E-state index contributed by atoms with van der Waals surface area (Å²) in [4.78, 5) is 23.3. The number of Topliss-reactive ketones (excluding diaryl/α,β-unsaturated/α-hetero) is 1. The maximum Gasteiger partial charge on any atom is 0.315 e. The van der Waals surface area contributed by atoms with Crippen molar-refractivity contribution in [3.63, 3.8) is 0 Å². The molecular formula is C14H10O3. The lowest BCUT2D eigenvalue weighted by atomic mass is 9.92. The minimum Gasteiger partial charge on any atom is -0.481 e. The van der Waals surface area contributed by atoms with E-state index in [1.54, 1.807) is 24.3 Å². The van der Waals surface area contributed by atoms with Crippen LogP contribution in [-0.4, -0.2) is 16.9 Å². The Labute approximate surface area is 98.1 Å². The Hall–Kier alpha value is -2.16. The summed E-state index contributed by atoms with van der Waals surface area (Å²) in [6.45, 7) is 0.